The quantitative estimate of drug-likeness (QED) is 0.599. The van der Waals surface area contributed by atoms with E-state index in [-0.39, 0.29) is 23.7 Å². The van der Waals surface area contributed by atoms with Crippen LogP contribution in [0, 0.1) is 20.2 Å². The van der Waals surface area contributed by atoms with Gasteiger partial charge in [-0.3, -0.25) is 20.2 Å². The molecule has 0 atom stereocenters. The molecule has 0 N–H and O–H groups in total. The molecule has 0 aromatic heterocycles. The summed E-state index contributed by atoms with van der Waals surface area (Å²) in [5.41, 5.74) is 0.427. The summed E-state index contributed by atoms with van der Waals surface area (Å²) >= 11 is 0. The number of nitro benzene ring substituents is 2. The van der Waals surface area contributed by atoms with Crippen molar-refractivity contribution in [2.45, 2.75) is 6.61 Å². The number of ether oxygens (including phenoxy) is 2. The second kappa shape index (κ2) is 6.53. The molecule has 0 spiro atoms. The Bertz CT molecular complexity index is 699. The Labute approximate surface area is 125 Å². The fourth-order valence-corrected chi connectivity index (χ4v) is 1.76. The standard InChI is InChI=1S/C14H12N2O6/c1-21-12-6-7-14(13(8-12)16(19)20)22-9-10-2-4-11(5-3-10)15(17)18/h2-8H,9H2,1H3. The molecule has 0 aliphatic carbocycles. The number of hydrogen-bond donors (Lipinski definition) is 0. The van der Waals surface area contributed by atoms with Crippen molar-refractivity contribution < 1.29 is 19.3 Å². The minimum atomic E-state index is -0.562. The van der Waals surface area contributed by atoms with Crippen LogP contribution in [0.4, 0.5) is 11.4 Å². The van der Waals surface area contributed by atoms with E-state index in [1.54, 1.807) is 6.07 Å². The average molecular weight is 304 g/mol. The molecule has 0 aliphatic rings. The van der Waals surface area contributed by atoms with Crippen molar-refractivity contribution >= 4 is 11.4 Å². The van der Waals surface area contributed by atoms with E-state index in [9.17, 15) is 20.2 Å². The lowest BCUT2D eigenvalue weighted by Gasteiger charge is -2.08. The molecule has 0 heterocycles. The highest BCUT2D eigenvalue weighted by molar-refractivity contribution is 5.51. The first-order chi connectivity index (χ1) is 10.5. The first-order valence-electron chi connectivity index (χ1n) is 6.20. The summed E-state index contributed by atoms with van der Waals surface area (Å²) in [5.74, 6) is 0.457. The second-order valence-electron chi connectivity index (χ2n) is 4.30. The number of non-ortho nitro benzene ring substituents is 1. The van der Waals surface area contributed by atoms with E-state index in [0.29, 0.717) is 11.3 Å². The number of benzene rings is 2. The molecule has 2 aromatic rings. The van der Waals surface area contributed by atoms with Gasteiger partial charge in [-0.05, 0) is 29.8 Å². The zero-order chi connectivity index (χ0) is 16.1. The maximum atomic E-state index is 11.0. The van der Waals surface area contributed by atoms with E-state index >= 15 is 0 Å². The molecule has 0 unspecified atom stereocenters. The molecule has 8 heteroatoms. The van der Waals surface area contributed by atoms with Crippen LogP contribution in [0.5, 0.6) is 11.5 Å². The minimum absolute atomic E-state index is 0.0285. The van der Waals surface area contributed by atoms with Gasteiger partial charge in [-0.2, -0.15) is 0 Å². The molecule has 0 saturated carbocycles. The Hall–Kier alpha value is -3.16. The van der Waals surface area contributed by atoms with Crippen LogP contribution in [0.25, 0.3) is 0 Å². The zero-order valence-corrected chi connectivity index (χ0v) is 11.6. The van der Waals surface area contributed by atoms with Crippen molar-refractivity contribution in [3.8, 4) is 11.5 Å². The summed E-state index contributed by atoms with van der Waals surface area (Å²) in [6.07, 6.45) is 0. The normalized spacial score (nSPS) is 10.0. The van der Waals surface area contributed by atoms with Gasteiger partial charge in [0.2, 0.25) is 0 Å². The number of methoxy groups -OCH3 is 1. The van der Waals surface area contributed by atoms with Gasteiger partial charge in [-0.25, -0.2) is 0 Å². The highest BCUT2D eigenvalue weighted by Crippen LogP contribution is 2.31. The van der Waals surface area contributed by atoms with Gasteiger partial charge in [-0.15, -0.1) is 0 Å². The summed E-state index contributed by atoms with van der Waals surface area (Å²) in [6.45, 7) is 0.0607. The Morgan fingerprint density at radius 1 is 1.00 bits per heavy atom. The van der Waals surface area contributed by atoms with Crippen LogP contribution in [0.15, 0.2) is 42.5 Å². The summed E-state index contributed by atoms with van der Waals surface area (Å²) in [6, 6.07) is 10.0. The fourth-order valence-electron chi connectivity index (χ4n) is 1.76. The molecule has 2 aromatic carbocycles. The minimum Gasteiger partial charge on any atom is -0.496 e. The number of rotatable bonds is 6. The third-order valence-corrected chi connectivity index (χ3v) is 2.90. The lowest BCUT2D eigenvalue weighted by atomic mass is 10.2. The van der Waals surface area contributed by atoms with Crippen LogP contribution in [-0.4, -0.2) is 17.0 Å². The molecule has 0 radical (unpaired) electrons. The highest BCUT2D eigenvalue weighted by atomic mass is 16.6. The molecular weight excluding hydrogens is 292 g/mol. The van der Waals surface area contributed by atoms with Gasteiger partial charge in [0, 0.05) is 12.1 Å². The monoisotopic (exact) mass is 304 g/mol. The summed E-state index contributed by atoms with van der Waals surface area (Å²) in [4.78, 5) is 20.5. The van der Waals surface area contributed by atoms with Crippen LogP contribution < -0.4 is 9.47 Å². The maximum absolute atomic E-state index is 11.0. The predicted octanol–water partition coefficient (Wildman–Crippen LogP) is 3.09. The Balaban J connectivity index is 2.14. The van der Waals surface area contributed by atoms with Gasteiger partial charge >= 0.3 is 5.69 Å². The van der Waals surface area contributed by atoms with Crippen LogP contribution in [0.2, 0.25) is 0 Å². The highest BCUT2D eigenvalue weighted by Gasteiger charge is 2.16. The molecule has 0 saturated heterocycles. The number of hydrogen-bond acceptors (Lipinski definition) is 6. The maximum Gasteiger partial charge on any atom is 0.314 e. The van der Waals surface area contributed by atoms with E-state index in [1.165, 1.54) is 43.5 Å². The van der Waals surface area contributed by atoms with Crippen LogP contribution >= 0.6 is 0 Å². The van der Waals surface area contributed by atoms with Crippen molar-refractivity contribution in [2.24, 2.45) is 0 Å². The molecule has 0 fully saturated rings. The zero-order valence-electron chi connectivity index (χ0n) is 11.6. The van der Waals surface area contributed by atoms with E-state index in [2.05, 4.69) is 0 Å². The Kier molecular flexibility index (Phi) is 4.52. The van der Waals surface area contributed by atoms with Crippen molar-refractivity contribution in [3.63, 3.8) is 0 Å². The van der Waals surface area contributed by atoms with Crippen LogP contribution in [0.1, 0.15) is 5.56 Å². The third kappa shape index (κ3) is 3.48. The van der Waals surface area contributed by atoms with E-state index in [0.717, 1.165) is 0 Å². The van der Waals surface area contributed by atoms with Gasteiger partial charge in [-0.1, -0.05) is 0 Å². The second-order valence-corrected chi connectivity index (χ2v) is 4.30. The topological polar surface area (TPSA) is 105 Å². The SMILES string of the molecule is COc1ccc(OCc2ccc([N+](=O)[O-])cc2)c([N+](=O)[O-])c1. The van der Waals surface area contributed by atoms with Gasteiger partial charge in [0.15, 0.2) is 5.75 Å². The molecule has 2 rings (SSSR count). The van der Waals surface area contributed by atoms with Crippen molar-refractivity contribution in [2.75, 3.05) is 7.11 Å². The fraction of sp³-hybridized carbons (Fsp3) is 0.143. The van der Waals surface area contributed by atoms with E-state index in [4.69, 9.17) is 9.47 Å². The Morgan fingerprint density at radius 3 is 2.23 bits per heavy atom. The smallest absolute Gasteiger partial charge is 0.314 e. The Morgan fingerprint density at radius 2 is 1.68 bits per heavy atom. The number of nitrogens with zero attached hydrogens (tertiary/aromatic N) is 2. The van der Waals surface area contributed by atoms with E-state index in [1.807, 2.05) is 0 Å². The van der Waals surface area contributed by atoms with Crippen LogP contribution in [0.3, 0.4) is 0 Å². The first kappa shape index (κ1) is 15.2. The number of nitro groups is 2. The van der Waals surface area contributed by atoms with Gasteiger partial charge in [0.25, 0.3) is 5.69 Å². The summed E-state index contributed by atoms with van der Waals surface area (Å²) in [5, 5.41) is 21.6. The lowest BCUT2D eigenvalue weighted by molar-refractivity contribution is -0.386. The van der Waals surface area contributed by atoms with Crippen molar-refractivity contribution in [3.05, 3.63) is 68.3 Å². The molecule has 0 bridgehead atoms. The van der Waals surface area contributed by atoms with Gasteiger partial charge < -0.3 is 9.47 Å². The van der Waals surface area contributed by atoms with Gasteiger partial charge in [0.05, 0.1) is 23.0 Å². The molecule has 22 heavy (non-hydrogen) atoms. The van der Waals surface area contributed by atoms with Crippen molar-refractivity contribution in [1.29, 1.82) is 0 Å². The molecule has 8 nitrogen and oxygen atoms in total. The van der Waals surface area contributed by atoms with Crippen molar-refractivity contribution in [1.82, 2.24) is 0 Å². The largest absolute Gasteiger partial charge is 0.496 e. The van der Waals surface area contributed by atoms with Crippen LogP contribution in [-0.2, 0) is 6.61 Å². The molecular formula is C14H12N2O6. The summed E-state index contributed by atoms with van der Waals surface area (Å²) in [7, 11) is 1.41. The predicted molar refractivity (Wildman–Crippen MR) is 77.1 cm³/mol. The molecule has 0 amide bonds. The lowest BCUT2D eigenvalue weighted by Crippen LogP contribution is -2.00. The third-order valence-electron chi connectivity index (χ3n) is 2.90. The molecule has 0 aliphatic heterocycles. The average Bonchev–Trinajstić information content (AvgIpc) is 2.53. The van der Waals surface area contributed by atoms with Gasteiger partial charge in [0.1, 0.15) is 12.4 Å². The first-order valence-corrected chi connectivity index (χ1v) is 6.20. The molecule has 114 valence electrons. The van der Waals surface area contributed by atoms with E-state index < -0.39 is 9.85 Å². The summed E-state index contributed by atoms with van der Waals surface area (Å²) < 4.78 is 10.4.